The van der Waals surface area contributed by atoms with Crippen LogP contribution in [0, 0.1) is 0 Å². The van der Waals surface area contributed by atoms with Gasteiger partial charge in [-0.2, -0.15) is 0 Å². The van der Waals surface area contributed by atoms with E-state index >= 15 is 0 Å². The Labute approximate surface area is 241 Å². The second kappa shape index (κ2) is 10.1. The standard InChI is InChI=1S/C31H23N3O5S2/c1-2-38-31(37)34-14-13-19-25(16-34)41-29(26(19)28-32-22-9-5-6-10-24(22)40-28)33-27(35)21-15-20-18-8-4-3-7-17(18)11-12-23(20)39-30(21)36/h3-12,15H,2,13-14,16H2,1H3,(H,33,35). The molecule has 0 fully saturated rings. The fraction of sp³-hybridized carbons (Fsp3) is 0.161. The molecule has 2 amide bonds. The summed E-state index contributed by atoms with van der Waals surface area (Å²) in [6.45, 7) is 2.95. The highest BCUT2D eigenvalue weighted by Crippen LogP contribution is 2.46. The molecule has 0 spiro atoms. The van der Waals surface area contributed by atoms with Crippen LogP contribution in [0.4, 0.5) is 9.80 Å². The van der Waals surface area contributed by atoms with Crippen molar-refractivity contribution in [1.29, 1.82) is 0 Å². The Hall–Kier alpha value is -4.54. The molecule has 41 heavy (non-hydrogen) atoms. The highest BCUT2D eigenvalue weighted by Gasteiger charge is 2.30. The second-order valence-corrected chi connectivity index (χ2v) is 11.8. The maximum atomic E-state index is 13.7. The SMILES string of the molecule is CCOC(=O)N1CCc2c(sc(NC(=O)c3cc4c(ccc5ccccc54)oc3=O)c2-c2nc3ccccc3s2)C1. The van der Waals surface area contributed by atoms with Gasteiger partial charge < -0.3 is 19.4 Å². The van der Waals surface area contributed by atoms with Gasteiger partial charge in [-0.1, -0.05) is 42.5 Å². The number of ether oxygens (including phenoxy) is 1. The molecular formula is C31H23N3O5S2. The summed E-state index contributed by atoms with van der Waals surface area (Å²) in [5.41, 5.74) is 2.38. The van der Waals surface area contributed by atoms with Gasteiger partial charge in [0.15, 0.2) is 0 Å². The zero-order valence-corrected chi connectivity index (χ0v) is 23.6. The van der Waals surface area contributed by atoms with Gasteiger partial charge in [-0.25, -0.2) is 14.6 Å². The predicted molar refractivity (Wildman–Crippen MR) is 162 cm³/mol. The van der Waals surface area contributed by atoms with Gasteiger partial charge in [0.05, 0.1) is 23.4 Å². The van der Waals surface area contributed by atoms with E-state index in [-0.39, 0.29) is 11.7 Å². The molecule has 0 atom stereocenters. The van der Waals surface area contributed by atoms with Gasteiger partial charge >= 0.3 is 11.7 Å². The van der Waals surface area contributed by atoms with Crippen molar-refractivity contribution in [2.24, 2.45) is 0 Å². The molecule has 4 heterocycles. The lowest BCUT2D eigenvalue weighted by Gasteiger charge is -2.26. The lowest BCUT2D eigenvalue weighted by molar-refractivity contribution is 0.102. The molecule has 3 aromatic carbocycles. The first-order chi connectivity index (χ1) is 20.0. The first-order valence-electron chi connectivity index (χ1n) is 13.2. The number of benzene rings is 3. The number of amides is 2. The van der Waals surface area contributed by atoms with Gasteiger partial charge in [-0.3, -0.25) is 4.79 Å². The minimum atomic E-state index is -0.707. The number of carbonyl (C=O) groups is 2. The summed E-state index contributed by atoms with van der Waals surface area (Å²) in [6, 6.07) is 20.9. The number of thiophene rings is 1. The van der Waals surface area contributed by atoms with Crippen molar-refractivity contribution in [3.8, 4) is 10.6 Å². The van der Waals surface area contributed by atoms with Crippen LogP contribution in [-0.4, -0.2) is 35.0 Å². The monoisotopic (exact) mass is 581 g/mol. The van der Waals surface area contributed by atoms with Gasteiger partial charge in [0.2, 0.25) is 0 Å². The van der Waals surface area contributed by atoms with Crippen LogP contribution in [0.25, 0.3) is 42.5 Å². The van der Waals surface area contributed by atoms with Crippen LogP contribution in [0.5, 0.6) is 0 Å². The van der Waals surface area contributed by atoms with E-state index in [9.17, 15) is 14.4 Å². The third-order valence-corrected chi connectivity index (χ3v) is 9.39. The van der Waals surface area contributed by atoms with Crippen molar-refractivity contribution in [2.45, 2.75) is 19.9 Å². The number of aromatic nitrogens is 1. The van der Waals surface area contributed by atoms with E-state index in [0.717, 1.165) is 42.0 Å². The predicted octanol–water partition coefficient (Wildman–Crippen LogP) is 7.05. The van der Waals surface area contributed by atoms with Crippen molar-refractivity contribution >= 4 is 71.6 Å². The molecular weight excluding hydrogens is 558 g/mol. The molecule has 3 aromatic heterocycles. The summed E-state index contributed by atoms with van der Waals surface area (Å²) in [4.78, 5) is 46.6. The number of para-hydroxylation sites is 1. The van der Waals surface area contributed by atoms with Gasteiger partial charge in [0, 0.05) is 22.4 Å². The summed E-state index contributed by atoms with van der Waals surface area (Å²) in [6.07, 6.45) is 0.232. The Morgan fingerprint density at radius 3 is 2.73 bits per heavy atom. The number of anilines is 1. The average molecular weight is 582 g/mol. The van der Waals surface area contributed by atoms with Gasteiger partial charge in [-0.05, 0) is 53.9 Å². The number of hydrogen-bond acceptors (Lipinski definition) is 8. The molecule has 0 saturated carbocycles. The smallest absolute Gasteiger partial charge is 0.410 e. The summed E-state index contributed by atoms with van der Waals surface area (Å²) >= 11 is 2.94. The van der Waals surface area contributed by atoms with E-state index in [4.69, 9.17) is 14.1 Å². The number of fused-ring (bicyclic) bond motifs is 5. The van der Waals surface area contributed by atoms with Crippen LogP contribution >= 0.6 is 22.7 Å². The van der Waals surface area contributed by atoms with Crippen LogP contribution < -0.4 is 10.9 Å². The minimum absolute atomic E-state index is 0.0800. The molecule has 8 nitrogen and oxygen atoms in total. The molecule has 1 N–H and O–H groups in total. The Kier molecular flexibility index (Phi) is 6.29. The molecule has 1 aliphatic heterocycles. The van der Waals surface area contributed by atoms with Gasteiger partial charge in [0.25, 0.3) is 5.91 Å². The van der Waals surface area contributed by atoms with E-state index in [1.54, 1.807) is 35.3 Å². The quantitative estimate of drug-likeness (QED) is 0.177. The maximum Gasteiger partial charge on any atom is 0.410 e. The number of nitrogens with one attached hydrogen (secondary N) is 1. The number of nitrogens with zero attached hydrogens (tertiary/aromatic N) is 2. The third-order valence-electron chi connectivity index (χ3n) is 7.20. The molecule has 0 aliphatic carbocycles. The molecule has 6 aromatic rings. The normalized spacial score (nSPS) is 13.0. The average Bonchev–Trinajstić information content (AvgIpc) is 3.57. The summed E-state index contributed by atoms with van der Waals surface area (Å²) in [7, 11) is 0. The van der Waals surface area contributed by atoms with Gasteiger partial charge in [0.1, 0.15) is 21.2 Å². The highest BCUT2D eigenvalue weighted by atomic mass is 32.1. The Morgan fingerprint density at radius 2 is 1.88 bits per heavy atom. The molecule has 0 unspecified atom stereocenters. The van der Waals surface area contributed by atoms with Crippen molar-refractivity contribution in [2.75, 3.05) is 18.5 Å². The number of hydrogen-bond donors (Lipinski definition) is 1. The molecule has 7 rings (SSSR count). The lowest BCUT2D eigenvalue weighted by atomic mass is 10.0. The zero-order valence-electron chi connectivity index (χ0n) is 21.9. The first kappa shape index (κ1) is 25.4. The lowest BCUT2D eigenvalue weighted by Crippen LogP contribution is -2.35. The summed E-state index contributed by atoms with van der Waals surface area (Å²) in [5.74, 6) is -0.559. The van der Waals surface area contributed by atoms with Crippen molar-refractivity contribution in [1.82, 2.24) is 9.88 Å². The van der Waals surface area contributed by atoms with Crippen molar-refractivity contribution < 1.29 is 18.7 Å². The maximum absolute atomic E-state index is 13.7. The minimum Gasteiger partial charge on any atom is -0.450 e. The summed E-state index contributed by atoms with van der Waals surface area (Å²) < 4.78 is 11.8. The molecule has 204 valence electrons. The van der Waals surface area contributed by atoms with E-state index < -0.39 is 11.5 Å². The second-order valence-electron chi connectivity index (χ2n) is 9.67. The number of rotatable bonds is 4. The van der Waals surface area contributed by atoms with Crippen LogP contribution in [0.2, 0.25) is 0 Å². The Morgan fingerprint density at radius 1 is 1.05 bits per heavy atom. The van der Waals surface area contributed by atoms with E-state index in [2.05, 4.69) is 5.32 Å². The molecule has 1 aliphatic rings. The summed E-state index contributed by atoms with van der Waals surface area (Å²) in [5, 5.41) is 6.93. The van der Waals surface area contributed by atoms with Crippen LogP contribution in [0.1, 0.15) is 27.7 Å². The van der Waals surface area contributed by atoms with Crippen molar-refractivity contribution in [3.63, 3.8) is 0 Å². The Bertz CT molecular complexity index is 2030. The highest BCUT2D eigenvalue weighted by molar-refractivity contribution is 7.23. The van der Waals surface area contributed by atoms with Crippen LogP contribution in [-0.2, 0) is 17.7 Å². The molecule has 10 heteroatoms. The van der Waals surface area contributed by atoms with E-state index in [1.807, 2.05) is 54.6 Å². The van der Waals surface area contributed by atoms with E-state index in [1.165, 1.54) is 11.3 Å². The van der Waals surface area contributed by atoms with E-state index in [0.29, 0.717) is 42.1 Å². The fourth-order valence-corrected chi connectivity index (χ4v) is 7.64. The molecule has 0 saturated heterocycles. The first-order valence-corrected chi connectivity index (χ1v) is 14.8. The topological polar surface area (TPSA) is 102 Å². The van der Waals surface area contributed by atoms with Gasteiger partial charge in [-0.15, -0.1) is 22.7 Å². The Balaban J connectivity index is 1.32. The van der Waals surface area contributed by atoms with Crippen LogP contribution in [0.3, 0.4) is 0 Å². The van der Waals surface area contributed by atoms with Crippen LogP contribution in [0.15, 0.2) is 75.9 Å². The third kappa shape index (κ3) is 4.45. The number of thiazole rings is 1. The van der Waals surface area contributed by atoms with Crippen molar-refractivity contribution in [3.05, 3.63) is 93.2 Å². The zero-order chi connectivity index (χ0) is 28.1. The molecule has 0 radical (unpaired) electrons. The largest absolute Gasteiger partial charge is 0.450 e. The number of carbonyl (C=O) groups excluding carboxylic acids is 2. The molecule has 0 bridgehead atoms. The fourth-order valence-electron chi connectivity index (χ4n) is 5.27.